The van der Waals surface area contributed by atoms with Crippen LogP contribution in [0.2, 0.25) is 0 Å². The molecule has 79 heavy (non-hydrogen) atoms. The first-order chi connectivity index (χ1) is 38.9. The van der Waals surface area contributed by atoms with Crippen LogP contribution in [0.15, 0.2) is 267 Å². The van der Waals surface area contributed by atoms with Gasteiger partial charge in [0.05, 0.1) is 33.3 Å². The van der Waals surface area contributed by atoms with E-state index in [1.54, 1.807) is 0 Å². The second-order valence-electron chi connectivity index (χ2n) is 21.7. The van der Waals surface area contributed by atoms with Crippen molar-refractivity contribution >= 4 is 65.3 Å². The van der Waals surface area contributed by atoms with E-state index in [2.05, 4.69) is 290 Å². The first kappa shape index (κ1) is 45.1. The van der Waals surface area contributed by atoms with Crippen LogP contribution in [0.25, 0.3) is 144 Å². The number of benzene rings is 12. The summed E-state index contributed by atoms with van der Waals surface area (Å²) >= 11 is 0. The van der Waals surface area contributed by atoms with Gasteiger partial charge in [0.25, 0.3) is 0 Å². The van der Waals surface area contributed by atoms with Crippen LogP contribution in [0, 0.1) is 0 Å². The number of hydrogen-bond donors (Lipinski definition) is 0. The molecule has 12 aromatic carbocycles. The second-order valence-corrected chi connectivity index (χ2v) is 21.7. The predicted octanol–water partition coefficient (Wildman–Crippen LogP) is 19.6. The lowest BCUT2D eigenvalue weighted by atomic mass is 9.82. The topological polar surface area (TPSA) is 35.6 Å². The maximum absolute atomic E-state index is 5.60. The molecule has 0 N–H and O–H groups in total. The molecule has 0 fully saturated rings. The molecule has 0 amide bonds. The molecule has 0 saturated carbocycles. The first-order valence-electron chi connectivity index (χ1n) is 27.3. The number of para-hydroxylation sites is 1. The fourth-order valence-electron chi connectivity index (χ4n) is 13.1. The molecule has 0 spiro atoms. The summed E-state index contributed by atoms with van der Waals surface area (Å²) in [5.41, 5.74) is 23.0. The maximum Gasteiger partial charge on any atom is 0.160 e. The normalized spacial score (nSPS) is 12.8. The lowest BCUT2D eigenvalue weighted by Crippen LogP contribution is -2.14. The van der Waals surface area contributed by atoms with E-state index < -0.39 is 0 Å². The van der Waals surface area contributed by atoms with Gasteiger partial charge in [0.1, 0.15) is 0 Å². The lowest BCUT2D eigenvalue weighted by molar-refractivity contribution is 0.660. The van der Waals surface area contributed by atoms with E-state index in [0.717, 1.165) is 61.1 Å². The van der Waals surface area contributed by atoms with Gasteiger partial charge in [-0.15, -0.1) is 0 Å². The zero-order valence-electron chi connectivity index (χ0n) is 43.7. The first-order valence-corrected chi connectivity index (χ1v) is 27.3. The molecule has 16 rings (SSSR count). The molecule has 0 saturated heterocycles. The molecule has 0 aliphatic heterocycles. The van der Waals surface area contributed by atoms with Crippen molar-refractivity contribution in [2.75, 3.05) is 0 Å². The smallest absolute Gasteiger partial charge is 0.160 e. The molecule has 1 aliphatic carbocycles. The molecule has 4 heteroatoms. The van der Waals surface area contributed by atoms with E-state index in [9.17, 15) is 0 Å². The average molecular weight is 1010 g/mol. The van der Waals surface area contributed by atoms with Gasteiger partial charge in [-0.05, 0) is 151 Å². The molecule has 4 nitrogen and oxygen atoms in total. The van der Waals surface area contributed by atoms with E-state index in [1.165, 1.54) is 88.0 Å². The highest BCUT2D eigenvalue weighted by atomic mass is 15.0. The fraction of sp³-hybridized carbons (Fsp3) is 0.0400. The number of rotatable bonds is 7. The molecule has 0 atom stereocenters. The molecule has 3 heterocycles. The van der Waals surface area contributed by atoms with E-state index in [4.69, 9.17) is 9.97 Å². The van der Waals surface area contributed by atoms with Gasteiger partial charge in [-0.3, -0.25) is 0 Å². The Kier molecular flexibility index (Phi) is 9.95. The Bertz CT molecular complexity index is 4970. The monoisotopic (exact) mass is 1010 g/mol. The lowest BCUT2D eigenvalue weighted by Gasteiger charge is -2.21. The Morgan fingerprint density at radius 3 is 1.41 bits per heavy atom. The highest BCUT2D eigenvalue weighted by Gasteiger charge is 2.35. The van der Waals surface area contributed by atoms with E-state index in [-0.39, 0.29) is 5.41 Å². The third kappa shape index (κ3) is 7.08. The summed E-state index contributed by atoms with van der Waals surface area (Å²) in [4.78, 5) is 11.0. The largest absolute Gasteiger partial charge is 0.309 e. The van der Waals surface area contributed by atoms with Gasteiger partial charge in [0.15, 0.2) is 5.82 Å². The van der Waals surface area contributed by atoms with Crippen LogP contribution in [0.1, 0.15) is 25.0 Å². The van der Waals surface area contributed by atoms with Crippen molar-refractivity contribution < 1.29 is 0 Å². The summed E-state index contributed by atoms with van der Waals surface area (Å²) < 4.78 is 4.82. The van der Waals surface area contributed by atoms with Crippen molar-refractivity contribution in [3.05, 3.63) is 278 Å². The molecular weight excluding hydrogens is 957 g/mol. The minimum absolute atomic E-state index is 0.0957. The predicted molar refractivity (Wildman–Crippen MR) is 330 cm³/mol. The Morgan fingerprint density at radius 2 is 0.785 bits per heavy atom. The van der Waals surface area contributed by atoms with Crippen molar-refractivity contribution in [1.29, 1.82) is 0 Å². The van der Waals surface area contributed by atoms with E-state index >= 15 is 0 Å². The van der Waals surface area contributed by atoms with Crippen molar-refractivity contribution in [3.63, 3.8) is 0 Å². The van der Waals surface area contributed by atoms with Crippen LogP contribution in [0.5, 0.6) is 0 Å². The highest BCUT2D eigenvalue weighted by Crippen LogP contribution is 2.50. The Balaban J connectivity index is 0.870. The summed E-state index contributed by atoms with van der Waals surface area (Å²) in [5, 5.41) is 8.20. The molecule has 15 aromatic rings. The number of hydrogen-bond acceptors (Lipinski definition) is 2. The zero-order valence-corrected chi connectivity index (χ0v) is 43.7. The highest BCUT2D eigenvalue weighted by molar-refractivity contribution is 6.15. The Labute approximate surface area is 457 Å². The van der Waals surface area contributed by atoms with Crippen LogP contribution < -0.4 is 0 Å². The summed E-state index contributed by atoms with van der Waals surface area (Å²) in [6.45, 7) is 4.67. The molecule has 0 bridgehead atoms. The summed E-state index contributed by atoms with van der Waals surface area (Å²) in [6.07, 6.45) is 0. The van der Waals surface area contributed by atoms with Crippen LogP contribution >= 0.6 is 0 Å². The average Bonchev–Trinajstić information content (AvgIpc) is 4.33. The van der Waals surface area contributed by atoms with Gasteiger partial charge < -0.3 is 9.13 Å². The third-order valence-electron chi connectivity index (χ3n) is 16.9. The van der Waals surface area contributed by atoms with Crippen LogP contribution in [-0.4, -0.2) is 19.1 Å². The number of fused-ring (bicyclic) bond motifs is 12. The Hall–Kier alpha value is -10.2. The summed E-state index contributed by atoms with van der Waals surface area (Å²) in [7, 11) is 0. The van der Waals surface area contributed by atoms with Crippen molar-refractivity contribution in [1.82, 2.24) is 19.1 Å². The molecule has 3 aromatic heterocycles. The standard InChI is InChI=1S/C75H50N4/c1-75(2)65-28-15-14-27-59(65)60-46-54(29-35-66(60)75)73-72-58-26-13-12-21-49(58)30-36-67(72)76-74(77-73)55-22-16-25-57(41-55)79-70-38-32-51(48-19-8-4-9-20-48)43-62(70)64-45-53(34-40-71(64)79)52-33-39-69-63(44-52)61-42-50(47-17-6-3-7-18-47)31-37-68(61)78(69)56-23-10-5-11-24-56/h3-46H,1-2H3. The third-order valence-corrected chi connectivity index (χ3v) is 16.9. The van der Waals surface area contributed by atoms with E-state index in [1.807, 2.05) is 0 Å². The number of aromatic nitrogens is 4. The summed E-state index contributed by atoms with van der Waals surface area (Å²) in [6, 6.07) is 97.6. The van der Waals surface area contributed by atoms with Crippen molar-refractivity contribution in [3.8, 4) is 78.5 Å². The number of nitrogens with zero attached hydrogens (tertiary/aromatic N) is 4. The van der Waals surface area contributed by atoms with Crippen molar-refractivity contribution in [2.45, 2.75) is 19.3 Å². The van der Waals surface area contributed by atoms with Crippen molar-refractivity contribution in [2.24, 2.45) is 0 Å². The minimum Gasteiger partial charge on any atom is -0.309 e. The second kappa shape index (κ2) is 17.4. The minimum atomic E-state index is -0.0957. The van der Waals surface area contributed by atoms with Gasteiger partial charge in [0.2, 0.25) is 0 Å². The van der Waals surface area contributed by atoms with Crippen LogP contribution in [0.4, 0.5) is 0 Å². The fourth-order valence-corrected chi connectivity index (χ4v) is 13.1. The van der Waals surface area contributed by atoms with Gasteiger partial charge >= 0.3 is 0 Å². The SMILES string of the molecule is CC1(C)c2ccccc2-c2cc(-c3nc(-c4cccc(-n5c6ccc(-c7ccccc7)cc6c6cc(-c7ccc8c(c7)c7cc(-c9ccccc9)ccc7n8-c7ccccc7)ccc65)c4)nc4ccc5ccccc5c34)ccc21. The molecule has 1 aliphatic rings. The van der Waals surface area contributed by atoms with Gasteiger partial charge in [-0.25, -0.2) is 9.97 Å². The maximum atomic E-state index is 5.60. The van der Waals surface area contributed by atoms with Gasteiger partial charge in [-0.2, -0.15) is 0 Å². The molecular formula is C75H50N4. The molecule has 370 valence electrons. The van der Waals surface area contributed by atoms with Gasteiger partial charge in [0, 0.05) is 54.8 Å². The Morgan fingerprint density at radius 1 is 0.304 bits per heavy atom. The van der Waals surface area contributed by atoms with Crippen LogP contribution in [-0.2, 0) is 5.41 Å². The van der Waals surface area contributed by atoms with Gasteiger partial charge in [-0.1, -0.05) is 196 Å². The molecule has 0 radical (unpaired) electrons. The van der Waals surface area contributed by atoms with Crippen LogP contribution in [0.3, 0.4) is 0 Å². The zero-order chi connectivity index (χ0) is 52.3. The molecule has 0 unspecified atom stereocenters. The summed E-state index contributed by atoms with van der Waals surface area (Å²) in [5.74, 6) is 0.690. The van der Waals surface area contributed by atoms with E-state index in [0.29, 0.717) is 5.82 Å². The quantitative estimate of drug-likeness (QED) is 0.149.